The lowest BCUT2D eigenvalue weighted by atomic mass is 10.0. The summed E-state index contributed by atoms with van der Waals surface area (Å²) in [5, 5.41) is 19.5. The molecule has 2 aromatic rings. The Morgan fingerprint density at radius 1 is 1.17 bits per heavy atom. The summed E-state index contributed by atoms with van der Waals surface area (Å²) in [5.41, 5.74) is 1.55. The zero-order chi connectivity index (χ0) is 16.2. The van der Waals surface area contributed by atoms with Crippen LogP contribution in [0.5, 0.6) is 11.5 Å². The van der Waals surface area contributed by atoms with E-state index in [0.29, 0.717) is 26.1 Å². The molecule has 0 aliphatic carbocycles. The van der Waals surface area contributed by atoms with Crippen LogP contribution in [-0.4, -0.2) is 40.8 Å². The number of benzene rings is 2. The van der Waals surface area contributed by atoms with Crippen molar-refractivity contribution in [2.75, 3.05) is 19.7 Å². The van der Waals surface area contributed by atoms with Gasteiger partial charge in [-0.05, 0) is 35.7 Å². The number of carboxylic acids is 1. The second kappa shape index (κ2) is 6.71. The predicted octanol–water partition coefficient (Wildman–Crippen LogP) is 2.46. The van der Waals surface area contributed by atoms with Crippen molar-refractivity contribution in [2.45, 2.75) is 12.5 Å². The highest BCUT2D eigenvalue weighted by Crippen LogP contribution is 2.26. The van der Waals surface area contributed by atoms with Gasteiger partial charge in [0.2, 0.25) is 0 Å². The molecule has 0 saturated carbocycles. The van der Waals surface area contributed by atoms with Gasteiger partial charge in [0.25, 0.3) is 0 Å². The quantitative estimate of drug-likeness (QED) is 0.907. The average Bonchev–Trinajstić information content (AvgIpc) is 2.68. The van der Waals surface area contributed by atoms with Crippen LogP contribution in [0.2, 0.25) is 0 Å². The number of aromatic hydroxyl groups is 1. The van der Waals surface area contributed by atoms with Gasteiger partial charge in [-0.3, -0.25) is 9.69 Å². The number of hydrogen-bond donors (Lipinski definition) is 2. The first kappa shape index (κ1) is 15.4. The molecule has 0 spiro atoms. The van der Waals surface area contributed by atoms with Gasteiger partial charge in [0.1, 0.15) is 24.1 Å². The van der Waals surface area contributed by atoms with E-state index in [1.165, 1.54) is 0 Å². The van der Waals surface area contributed by atoms with Gasteiger partial charge in [0.05, 0.1) is 0 Å². The molecule has 2 N–H and O–H groups in total. The Morgan fingerprint density at radius 3 is 2.61 bits per heavy atom. The van der Waals surface area contributed by atoms with Crippen molar-refractivity contribution in [3.8, 4) is 11.5 Å². The Labute approximate surface area is 134 Å². The molecule has 0 unspecified atom stereocenters. The van der Waals surface area contributed by atoms with E-state index >= 15 is 0 Å². The lowest BCUT2D eigenvalue weighted by Gasteiger charge is -2.28. The maximum atomic E-state index is 11.8. The first-order valence-corrected chi connectivity index (χ1v) is 7.61. The number of hydrogen-bond acceptors (Lipinski definition) is 4. The van der Waals surface area contributed by atoms with Gasteiger partial charge in [0.15, 0.2) is 0 Å². The highest BCUT2D eigenvalue weighted by Gasteiger charge is 2.28. The summed E-state index contributed by atoms with van der Waals surface area (Å²) in [7, 11) is 0. The number of rotatable bonds is 4. The van der Waals surface area contributed by atoms with Crippen LogP contribution < -0.4 is 4.74 Å². The minimum atomic E-state index is -0.878. The third-order valence-electron chi connectivity index (χ3n) is 4.10. The Balaban J connectivity index is 1.81. The summed E-state index contributed by atoms with van der Waals surface area (Å²) in [6.45, 7) is 1.47. The molecule has 120 valence electrons. The van der Waals surface area contributed by atoms with Crippen LogP contribution in [0.3, 0.4) is 0 Å². The molecule has 2 heterocycles. The maximum absolute atomic E-state index is 11.8. The monoisotopic (exact) mass is 313 g/mol. The zero-order valence-electron chi connectivity index (χ0n) is 12.7. The van der Waals surface area contributed by atoms with Crippen LogP contribution in [0.4, 0.5) is 0 Å². The number of carbonyl (C=O) groups is 1. The molecule has 0 saturated heterocycles. The lowest BCUT2D eigenvalue weighted by Crippen LogP contribution is -2.38. The van der Waals surface area contributed by atoms with E-state index in [1.807, 2.05) is 17.0 Å². The molecular formula is C18H19NO4. The molecule has 2 bridgehead atoms. The SMILES string of the molecule is O=C(O)[C@H]1c2ccc(cc2)OCCN1CCc1ccccc1O. The van der Waals surface area contributed by atoms with E-state index < -0.39 is 12.0 Å². The van der Waals surface area contributed by atoms with Crippen molar-refractivity contribution in [1.29, 1.82) is 0 Å². The number of para-hydroxylation sites is 1. The minimum absolute atomic E-state index is 0.240. The fourth-order valence-corrected chi connectivity index (χ4v) is 2.89. The van der Waals surface area contributed by atoms with E-state index in [1.54, 1.807) is 36.4 Å². The van der Waals surface area contributed by atoms with Gasteiger partial charge in [-0.2, -0.15) is 0 Å². The van der Waals surface area contributed by atoms with E-state index in [9.17, 15) is 15.0 Å². The molecule has 0 aromatic heterocycles. The largest absolute Gasteiger partial charge is 0.508 e. The van der Waals surface area contributed by atoms with Gasteiger partial charge in [-0.15, -0.1) is 0 Å². The first-order chi connectivity index (χ1) is 11.1. The van der Waals surface area contributed by atoms with Crippen LogP contribution >= 0.6 is 0 Å². The first-order valence-electron chi connectivity index (χ1n) is 7.61. The Bertz CT molecular complexity index is 684. The fraction of sp³-hybridized carbons (Fsp3) is 0.278. The molecule has 4 rings (SSSR count). The van der Waals surface area contributed by atoms with Crippen molar-refractivity contribution in [2.24, 2.45) is 0 Å². The second-order valence-electron chi connectivity index (χ2n) is 5.57. The Morgan fingerprint density at radius 2 is 1.91 bits per heavy atom. The van der Waals surface area contributed by atoms with Gasteiger partial charge < -0.3 is 14.9 Å². The highest BCUT2D eigenvalue weighted by atomic mass is 16.5. The van der Waals surface area contributed by atoms with Gasteiger partial charge in [0, 0.05) is 13.1 Å². The number of nitrogens with zero attached hydrogens (tertiary/aromatic N) is 1. The molecule has 5 nitrogen and oxygen atoms in total. The molecule has 5 heteroatoms. The molecule has 0 amide bonds. The lowest BCUT2D eigenvalue weighted by molar-refractivity contribution is -0.143. The van der Waals surface area contributed by atoms with Crippen molar-refractivity contribution in [1.82, 2.24) is 4.90 Å². The van der Waals surface area contributed by atoms with Crippen molar-refractivity contribution in [3.63, 3.8) is 0 Å². The van der Waals surface area contributed by atoms with Crippen molar-refractivity contribution in [3.05, 3.63) is 59.7 Å². The number of carboxylic acid groups (broad SMARTS) is 1. The van der Waals surface area contributed by atoms with Crippen LogP contribution in [0.15, 0.2) is 48.5 Å². The van der Waals surface area contributed by atoms with Crippen molar-refractivity contribution < 1.29 is 19.7 Å². The normalized spacial score (nSPS) is 17.8. The molecule has 2 aromatic carbocycles. The summed E-state index contributed by atoms with van der Waals surface area (Å²) < 4.78 is 5.63. The van der Waals surface area contributed by atoms with E-state index in [4.69, 9.17) is 4.74 Å². The fourth-order valence-electron chi connectivity index (χ4n) is 2.89. The van der Waals surface area contributed by atoms with E-state index in [0.717, 1.165) is 16.9 Å². The number of phenols is 1. The third kappa shape index (κ3) is 3.46. The molecule has 2 aliphatic rings. The summed E-state index contributed by atoms with van der Waals surface area (Å²) >= 11 is 0. The standard InChI is InChI=1S/C18H19NO4/c20-16-4-2-1-3-13(16)9-10-19-11-12-23-15-7-5-14(6-8-15)17(19)18(21)22/h1-8,17,20H,9-12H2,(H,21,22)/t17-/m1/s1. The summed E-state index contributed by atoms with van der Waals surface area (Å²) in [5.74, 6) is 0.112. The summed E-state index contributed by atoms with van der Waals surface area (Å²) in [6, 6.07) is 13.6. The molecule has 0 fully saturated rings. The Kier molecular flexibility index (Phi) is 4.48. The third-order valence-corrected chi connectivity index (χ3v) is 4.10. The zero-order valence-corrected chi connectivity index (χ0v) is 12.7. The number of aliphatic carboxylic acids is 1. The number of phenolic OH excluding ortho intramolecular Hbond substituents is 1. The second-order valence-corrected chi connectivity index (χ2v) is 5.57. The predicted molar refractivity (Wildman–Crippen MR) is 85.7 cm³/mol. The van der Waals surface area contributed by atoms with Crippen LogP contribution in [0, 0.1) is 0 Å². The summed E-state index contributed by atoms with van der Waals surface area (Å²) in [6.07, 6.45) is 0.577. The van der Waals surface area contributed by atoms with Gasteiger partial charge >= 0.3 is 5.97 Å². The highest BCUT2D eigenvalue weighted by molar-refractivity contribution is 5.75. The smallest absolute Gasteiger partial charge is 0.325 e. The minimum Gasteiger partial charge on any atom is -0.508 e. The molecular weight excluding hydrogens is 294 g/mol. The summed E-state index contributed by atoms with van der Waals surface area (Å²) in [4.78, 5) is 13.7. The molecule has 0 radical (unpaired) electrons. The van der Waals surface area contributed by atoms with Crippen molar-refractivity contribution >= 4 is 5.97 Å². The van der Waals surface area contributed by atoms with Crippen LogP contribution in [0.1, 0.15) is 17.2 Å². The molecule has 2 aliphatic heterocycles. The van der Waals surface area contributed by atoms with Gasteiger partial charge in [-0.25, -0.2) is 0 Å². The van der Waals surface area contributed by atoms with Crippen LogP contribution in [0.25, 0.3) is 0 Å². The number of ether oxygens (including phenoxy) is 1. The molecule has 23 heavy (non-hydrogen) atoms. The van der Waals surface area contributed by atoms with Gasteiger partial charge in [-0.1, -0.05) is 30.3 Å². The molecule has 1 atom stereocenters. The maximum Gasteiger partial charge on any atom is 0.325 e. The van der Waals surface area contributed by atoms with E-state index in [-0.39, 0.29) is 5.75 Å². The van der Waals surface area contributed by atoms with E-state index in [2.05, 4.69) is 0 Å². The van der Waals surface area contributed by atoms with Crippen LogP contribution in [-0.2, 0) is 11.2 Å². The topological polar surface area (TPSA) is 70.0 Å². The number of fused-ring (bicyclic) bond motifs is 6. The Hall–Kier alpha value is -2.53. The average molecular weight is 313 g/mol.